The summed E-state index contributed by atoms with van der Waals surface area (Å²) in [5.74, 6) is 1.15. The first-order chi connectivity index (χ1) is 17.4. The van der Waals surface area contributed by atoms with Gasteiger partial charge in [0.05, 0.1) is 32.9 Å². The maximum absolute atomic E-state index is 13.4. The van der Waals surface area contributed by atoms with Crippen molar-refractivity contribution in [2.75, 3.05) is 39.8 Å². The number of carbonyl (C=O) groups is 1. The molecule has 0 bridgehead atoms. The van der Waals surface area contributed by atoms with Gasteiger partial charge in [-0.3, -0.25) is 0 Å². The summed E-state index contributed by atoms with van der Waals surface area (Å²) in [6.07, 6.45) is 0.741. The van der Waals surface area contributed by atoms with Gasteiger partial charge in [0.2, 0.25) is 0 Å². The van der Waals surface area contributed by atoms with Crippen LogP contribution in [0.2, 0.25) is 0 Å². The zero-order valence-electron chi connectivity index (χ0n) is 20.2. The molecule has 0 radical (unpaired) electrons. The molecule has 188 valence electrons. The van der Waals surface area contributed by atoms with Gasteiger partial charge in [0, 0.05) is 12.2 Å². The Labute approximate surface area is 214 Å². The van der Waals surface area contributed by atoms with Gasteiger partial charge in [-0.2, -0.15) is 0 Å². The number of ether oxygens (including phenoxy) is 4. The van der Waals surface area contributed by atoms with E-state index in [2.05, 4.69) is 10.2 Å². The Morgan fingerprint density at radius 2 is 1.69 bits per heavy atom. The van der Waals surface area contributed by atoms with Gasteiger partial charge < -0.3 is 29.2 Å². The van der Waals surface area contributed by atoms with E-state index >= 15 is 0 Å². The van der Waals surface area contributed by atoms with Crippen LogP contribution in [0.3, 0.4) is 0 Å². The van der Waals surface area contributed by atoms with E-state index in [0.29, 0.717) is 40.2 Å². The maximum Gasteiger partial charge on any atom is 0.337 e. The van der Waals surface area contributed by atoms with Gasteiger partial charge >= 0.3 is 5.97 Å². The van der Waals surface area contributed by atoms with Crippen LogP contribution in [0.25, 0.3) is 0 Å². The summed E-state index contributed by atoms with van der Waals surface area (Å²) in [4.78, 5) is 13.8. The smallest absolute Gasteiger partial charge is 0.337 e. The lowest BCUT2D eigenvalue weighted by Crippen LogP contribution is -2.44. The first-order valence-electron chi connectivity index (χ1n) is 11.3. The van der Waals surface area contributed by atoms with Crippen molar-refractivity contribution in [1.29, 1.82) is 0 Å². The Bertz CT molecular complexity index is 1230. The van der Waals surface area contributed by atoms with Crippen molar-refractivity contribution in [2.24, 2.45) is 0 Å². The number of esters is 1. The SMILES string of the molecule is COC(=O)c1ccc(OC[C@@H]2c3cc(OC)c(OC)cc3CCN2C(=S)Nc2ccc(F)cc2)cc1. The Hall–Kier alpha value is -3.85. The third-order valence-electron chi connectivity index (χ3n) is 6.04. The van der Waals surface area contributed by atoms with E-state index in [1.807, 2.05) is 12.1 Å². The van der Waals surface area contributed by atoms with Crippen LogP contribution in [0.4, 0.5) is 10.1 Å². The second-order valence-corrected chi connectivity index (χ2v) is 8.52. The molecule has 1 heterocycles. The average molecular weight is 511 g/mol. The molecule has 1 N–H and O–H groups in total. The van der Waals surface area contributed by atoms with E-state index in [9.17, 15) is 9.18 Å². The summed E-state index contributed by atoms with van der Waals surface area (Å²) >= 11 is 5.75. The van der Waals surface area contributed by atoms with Gasteiger partial charge in [-0.25, -0.2) is 9.18 Å². The van der Waals surface area contributed by atoms with Gasteiger partial charge in [0.15, 0.2) is 16.6 Å². The molecule has 0 saturated heterocycles. The number of nitrogens with one attached hydrogen (secondary N) is 1. The molecule has 1 aliphatic heterocycles. The van der Waals surface area contributed by atoms with Crippen LogP contribution < -0.4 is 19.5 Å². The minimum absolute atomic E-state index is 0.241. The molecule has 3 aromatic rings. The van der Waals surface area contributed by atoms with E-state index in [-0.39, 0.29) is 18.5 Å². The number of hydrogen-bond acceptors (Lipinski definition) is 6. The number of carbonyl (C=O) groups excluding carboxylic acids is 1. The van der Waals surface area contributed by atoms with Crippen LogP contribution in [0.1, 0.15) is 27.5 Å². The summed E-state index contributed by atoms with van der Waals surface area (Å²) in [7, 11) is 4.55. The second-order valence-electron chi connectivity index (χ2n) is 8.13. The lowest BCUT2D eigenvalue weighted by Gasteiger charge is -2.39. The van der Waals surface area contributed by atoms with Gasteiger partial charge in [-0.05, 0) is 90.4 Å². The number of rotatable bonds is 7. The third kappa shape index (κ3) is 5.52. The standard InChI is InChI=1S/C27H27FN2O5S/c1-32-24-14-18-12-13-30(27(36)29-20-8-6-19(28)7-9-20)23(22(18)15-25(24)33-2)16-35-21-10-4-17(5-11-21)26(31)34-3/h4-11,14-15,23H,12-13,16H2,1-3H3,(H,29,36)/t23-/m1/s1. The maximum atomic E-state index is 13.4. The highest BCUT2D eigenvalue weighted by atomic mass is 32.1. The lowest BCUT2D eigenvalue weighted by molar-refractivity contribution is 0.0600. The number of methoxy groups -OCH3 is 3. The number of fused-ring (bicyclic) bond motifs is 1. The fraction of sp³-hybridized carbons (Fsp3) is 0.259. The molecule has 7 nitrogen and oxygen atoms in total. The van der Waals surface area contributed by atoms with Crippen LogP contribution in [-0.4, -0.2) is 50.5 Å². The fourth-order valence-corrected chi connectivity index (χ4v) is 4.50. The minimum atomic E-state index is -0.410. The molecule has 0 fully saturated rings. The highest BCUT2D eigenvalue weighted by Crippen LogP contribution is 2.38. The molecule has 3 aromatic carbocycles. The number of thiocarbonyl (C=S) groups is 1. The summed E-state index contributed by atoms with van der Waals surface area (Å²) < 4.78 is 35.3. The largest absolute Gasteiger partial charge is 0.493 e. The monoisotopic (exact) mass is 510 g/mol. The van der Waals surface area contributed by atoms with Gasteiger partial charge in [-0.15, -0.1) is 0 Å². The van der Waals surface area contributed by atoms with Crippen LogP contribution in [0.15, 0.2) is 60.7 Å². The van der Waals surface area contributed by atoms with Crippen molar-refractivity contribution in [3.8, 4) is 17.2 Å². The molecule has 1 atom stereocenters. The van der Waals surface area contributed by atoms with Gasteiger partial charge in [-0.1, -0.05) is 0 Å². The highest BCUT2D eigenvalue weighted by molar-refractivity contribution is 7.80. The van der Waals surface area contributed by atoms with Crippen LogP contribution in [-0.2, 0) is 11.2 Å². The predicted molar refractivity (Wildman–Crippen MR) is 139 cm³/mol. The van der Waals surface area contributed by atoms with Crippen LogP contribution in [0.5, 0.6) is 17.2 Å². The van der Waals surface area contributed by atoms with E-state index in [4.69, 9.17) is 31.2 Å². The van der Waals surface area contributed by atoms with Crippen molar-refractivity contribution in [3.05, 3.63) is 83.2 Å². The van der Waals surface area contributed by atoms with E-state index in [0.717, 1.165) is 17.5 Å². The molecule has 0 saturated carbocycles. The molecule has 0 unspecified atom stereocenters. The molecule has 9 heteroatoms. The molecule has 0 amide bonds. The van der Waals surface area contributed by atoms with E-state index in [1.165, 1.54) is 19.2 Å². The molecule has 0 aromatic heterocycles. The summed E-state index contributed by atoms with van der Waals surface area (Å²) in [6, 6.07) is 16.5. The quantitative estimate of drug-likeness (QED) is 0.352. The number of halogens is 1. The van der Waals surface area contributed by atoms with Crippen LogP contribution >= 0.6 is 12.2 Å². The topological polar surface area (TPSA) is 69.3 Å². The van der Waals surface area contributed by atoms with E-state index in [1.54, 1.807) is 50.6 Å². The predicted octanol–water partition coefficient (Wildman–Crippen LogP) is 5.00. The summed E-state index contributed by atoms with van der Waals surface area (Å²) in [5, 5.41) is 3.70. The third-order valence-corrected chi connectivity index (χ3v) is 6.38. The van der Waals surface area contributed by atoms with Gasteiger partial charge in [0.1, 0.15) is 18.2 Å². The first-order valence-corrected chi connectivity index (χ1v) is 11.7. The average Bonchev–Trinajstić information content (AvgIpc) is 2.91. The molecule has 36 heavy (non-hydrogen) atoms. The zero-order valence-corrected chi connectivity index (χ0v) is 21.1. The number of anilines is 1. The Morgan fingerprint density at radius 3 is 2.33 bits per heavy atom. The molecule has 1 aliphatic rings. The van der Waals surface area contributed by atoms with Crippen molar-refractivity contribution in [2.45, 2.75) is 12.5 Å². The van der Waals surface area contributed by atoms with Gasteiger partial charge in [0.25, 0.3) is 0 Å². The second kappa shape index (κ2) is 11.3. The molecular formula is C27H27FN2O5S. The summed E-state index contributed by atoms with van der Waals surface area (Å²) in [6.45, 7) is 0.927. The van der Waals surface area contributed by atoms with Crippen molar-refractivity contribution in [1.82, 2.24) is 4.90 Å². The molecular weight excluding hydrogens is 483 g/mol. The Morgan fingerprint density at radius 1 is 1.03 bits per heavy atom. The first kappa shape index (κ1) is 25.2. The van der Waals surface area contributed by atoms with Crippen molar-refractivity contribution >= 4 is 29.0 Å². The Kier molecular flexibility index (Phi) is 7.90. The van der Waals surface area contributed by atoms with Crippen molar-refractivity contribution in [3.63, 3.8) is 0 Å². The Balaban J connectivity index is 1.61. The van der Waals surface area contributed by atoms with Crippen molar-refractivity contribution < 1.29 is 28.1 Å². The lowest BCUT2D eigenvalue weighted by atomic mass is 9.92. The highest BCUT2D eigenvalue weighted by Gasteiger charge is 2.31. The zero-order chi connectivity index (χ0) is 25.7. The van der Waals surface area contributed by atoms with Crippen LogP contribution in [0, 0.1) is 5.82 Å². The minimum Gasteiger partial charge on any atom is -0.493 e. The number of benzene rings is 3. The fourth-order valence-electron chi connectivity index (χ4n) is 4.16. The molecule has 4 rings (SSSR count). The molecule has 0 aliphatic carbocycles. The number of nitrogens with zero attached hydrogens (tertiary/aromatic N) is 1. The summed E-state index contributed by atoms with van der Waals surface area (Å²) in [5.41, 5.74) is 3.25. The number of hydrogen-bond donors (Lipinski definition) is 1. The van der Waals surface area contributed by atoms with E-state index < -0.39 is 5.97 Å². The normalized spacial score (nSPS) is 14.4. The molecule has 0 spiro atoms.